The average Bonchev–Trinajstić information content (AvgIpc) is 2.44. The van der Waals surface area contributed by atoms with Crippen molar-refractivity contribution in [1.29, 1.82) is 0 Å². The van der Waals surface area contributed by atoms with Crippen LogP contribution in [0.2, 0.25) is 5.02 Å². The molecule has 0 unspecified atom stereocenters. The number of piperidine rings is 1. The zero-order valence-corrected chi connectivity index (χ0v) is 13.4. The first-order valence-corrected chi connectivity index (χ1v) is 7.47. The van der Waals surface area contributed by atoms with Gasteiger partial charge in [0.15, 0.2) is 0 Å². The Hall–Kier alpha value is -0.350. The lowest BCUT2D eigenvalue weighted by atomic mass is 10.0. The van der Waals surface area contributed by atoms with Crippen LogP contribution in [0.3, 0.4) is 0 Å². The van der Waals surface area contributed by atoms with Gasteiger partial charge in [-0.2, -0.15) is 0 Å². The highest BCUT2D eigenvalue weighted by Crippen LogP contribution is 2.22. The van der Waals surface area contributed by atoms with Gasteiger partial charge in [-0.15, -0.1) is 12.4 Å². The van der Waals surface area contributed by atoms with Crippen LogP contribution in [0.1, 0.15) is 31.7 Å². The zero-order chi connectivity index (χ0) is 13.7. The van der Waals surface area contributed by atoms with E-state index in [1.165, 1.54) is 0 Å². The lowest BCUT2D eigenvalue weighted by molar-refractivity contribution is 0.152. The third-order valence-corrected chi connectivity index (χ3v) is 4.03. The summed E-state index contributed by atoms with van der Waals surface area (Å²) in [4.78, 5) is 2.40. The number of nitrogens with zero attached hydrogens (tertiary/aromatic N) is 1. The van der Waals surface area contributed by atoms with Gasteiger partial charge in [-0.05, 0) is 45.0 Å². The minimum absolute atomic E-state index is 0. The lowest BCUT2D eigenvalue weighted by Crippen LogP contribution is -2.43. The van der Waals surface area contributed by atoms with Crippen molar-refractivity contribution in [3.63, 3.8) is 0 Å². The second-order valence-corrected chi connectivity index (χ2v) is 5.57. The Bertz CT molecular complexity index is 409. The summed E-state index contributed by atoms with van der Waals surface area (Å²) in [5, 5.41) is 3.60. The van der Waals surface area contributed by atoms with E-state index in [2.05, 4.69) is 17.1 Å². The predicted molar refractivity (Wildman–Crippen MR) is 85.3 cm³/mol. The number of benzene rings is 1. The Kier molecular flexibility index (Phi) is 7.82. The summed E-state index contributed by atoms with van der Waals surface area (Å²) in [5.74, 6) is -0.265. The fraction of sp³-hybridized carbons (Fsp3) is 0.600. The monoisotopic (exact) mass is 320 g/mol. The quantitative estimate of drug-likeness (QED) is 0.886. The van der Waals surface area contributed by atoms with Crippen molar-refractivity contribution in [3.8, 4) is 0 Å². The molecule has 20 heavy (non-hydrogen) atoms. The SMILES string of the molecule is CCCN(Cc1cccc(Cl)c1F)C1CCNCC1.Cl. The number of hydrogen-bond acceptors (Lipinski definition) is 2. The van der Waals surface area contributed by atoms with E-state index in [9.17, 15) is 4.39 Å². The van der Waals surface area contributed by atoms with Crippen molar-refractivity contribution in [3.05, 3.63) is 34.6 Å². The first-order valence-electron chi connectivity index (χ1n) is 7.10. The molecular weight excluding hydrogens is 298 g/mol. The third kappa shape index (κ3) is 4.59. The molecule has 0 spiro atoms. The van der Waals surface area contributed by atoms with Crippen LogP contribution in [-0.4, -0.2) is 30.6 Å². The van der Waals surface area contributed by atoms with Gasteiger partial charge in [-0.25, -0.2) is 4.39 Å². The van der Waals surface area contributed by atoms with Crippen LogP contribution in [0.4, 0.5) is 4.39 Å². The van der Waals surface area contributed by atoms with Gasteiger partial charge in [0.05, 0.1) is 5.02 Å². The molecule has 0 aliphatic carbocycles. The van der Waals surface area contributed by atoms with E-state index in [1.54, 1.807) is 6.07 Å². The van der Waals surface area contributed by atoms with Gasteiger partial charge in [0, 0.05) is 18.2 Å². The first kappa shape index (κ1) is 17.7. The van der Waals surface area contributed by atoms with Gasteiger partial charge in [0.2, 0.25) is 0 Å². The van der Waals surface area contributed by atoms with E-state index in [4.69, 9.17) is 11.6 Å². The minimum atomic E-state index is -0.265. The largest absolute Gasteiger partial charge is 0.317 e. The molecule has 1 aliphatic rings. The van der Waals surface area contributed by atoms with Crippen LogP contribution in [-0.2, 0) is 6.54 Å². The van der Waals surface area contributed by atoms with Gasteiger partial charge < -0.3 is 5.32 Å². The Morgan fingerprint density at radius 2 is 2.05 bits per heavy atom. The topological polar surface area (TPSA) is 15.3 Å². The second kappa shape index (κ2) is 8.83. The normalized spacial score (nSPS) is 16.2. The maximum Gasteiger partial charge on any atom is 0.146 e. The Morgan fingerprint density at radius 1 is 1.35 bits per heavy atom. The standard InChI is InChI=1S/C15H22ClFN2.ClH/c1-2-10-19(13-6-8-18-9-7-13)11-12-4-3-5-14(16)15(12)17;/h3-5,13,18H,2,6-11H2,1H3;1H. The summed E-state index contributed by atoms with van der Waals surface area (Å²) in [6.45, 7) is 5.95. The highest BCUT2D eigenvalue weighted by atomic mass is 35.5. The van der Waals surface area contributed by atoms with Crippen molar-refractivity contribution in [2.24, 2.45) is 0 Å². The van der Waals surface area contributed by atoms with Gasteiger partial charge in [-0.1, -0.05) is 30.7 Å². The molecule has 0 radical (unpaired) electrons. The number of rotatable bonds is 5. The van der Waals surface area contributed by atoms with E-state index in [1.807, 2.05) is 12.1 Å². The van der Waals surface area contributed by atoms with Crippen molar-refractivity contribution in [2.75, 3.05) is 19.6 Å². The molecule has 1 heterocycles. The Morgan fingerprint density at radius 3 is 2.70 bits per heavy atom. The van der Waals surface area contributed by atoms with Crippen molar-refractivity contribution >= 4 is 24.0 Å². The minimum Gasteiger partial charge on any atom is -0.317 e. The van der Waals surface area contributed by atoms with Gasteiger partial charge >= 0.3 is 0 Å². The molecule has 2 nitrogen and oxygen atoms in total. The van der Waals surface area contributed by atoms with Crippen LogP contribution in [0.5, 0.6) is 0 Å². The van der Waals surface area contributed by atoms with Crippen LogP contribution in [0, 0.1) is 5.82 Å². The predicted octanol–water partition coefficient (Wildman–Crippen LogP) is 3.86. The number of nitrogens with one attached hydrogen (secondary N) is 1. The van der Waals surface area contributed by atoms with Crippen molar-refractivity contribution < 1.29 is 4.39 Å². The molecule has 1 saturated heterocycles. The highest BCUT2D eigenvalue weighted by molar-refractivity contribution is 6.30. The van der Waals surface area contributed by atoms with E-state index in [0.29, 0.717) is 18.2 Å². The molecular formula is C15H23Cl2FN2. The van der Waals surface area contributed by atoms with E-state index >= 15 is 0 Å². The van der Waals surface area contributed by atoms with Gasteiger partial charge in [0.25, 0.3) is 0 Å². The molecule has 0 aromatic heterocycles. The van der Waals surface area contributed by atoms with Gasteiger partial charge in [0.1, 0.15) is 5.82 Å². The van der Waals surface area contributed by atoms with Gasteiger partial charge in [-0.3, -0.25) is 4.90 Å². The fourth-order valence-corrected chi connectivity index (χ4v) is 2.93. The van der Waals surface area contributed by atoms with Crippen LogP contribution in [0.25, 0.3) is 0 Å². The summed E-state index contributed by atoms with van der Waals surface area (Å²) in [7, 11) is 0. The molecule has 1 aromatic rings. The molecule has 1 aliphatic heterocycles. The second-order valence-electron chi connectivity index (χ2n) is 5.16. The Balaban J connectivity index is 0.00000200. The molecule has 1 fully saturated rings. The Labute approximate surface area is 132 Å². The third-order valence-electron chi connectivity index (χ3n) is 3.74. The summed E-state index contributed by atoms with van der Waals surface area (Å²) in [6.07, 6.45) is 3.37. The summed E-state index contributed by atoms with van der Waals surface area (Å²) in [6, 6.07) is 5.83. The number of halogens is 3. The first-order chi connectivity index (χ1) is 9.22. The maximum atomic E-state index is 14.0. The van der Waals surface area contributed by atoms with Crippen LogP contribution < -0.4 is 5.32 Å². The molecule has 114 valence electrons. The molecule has 0 atom stereocenters. The smallest absolute Gasteiger partial charge is 0.146 e. The summed E-state index contributed by atoms with van der Waals surface area (Å²) in [5.41, 5.74) is 0.708. The molecule has 0 amide bonds. The molecule has 5 heteroatoms. The molecule has 0 bridgehead atoms. The lowest BCUT2D eigenvalue weighted by Gasteiger charge is -2.34. The van der Waals surface area contributed by atoms with Crippen molar-refractivity contribution in [2.45, 2.75) is 38.8 Å². The molecule has 0 saturated carbocycles. The molecule has 1 N–H and O–H groups in total. The summed E-state index contributed by atoms with van der Waals surface area (Å²) >= 11 is 5.86. The van der Waals surface area contributed by atoms with E-state index in [-0.39, 0.29) is 23.2 Å². The van der Waals surface area contributed by atoms with Crippen LogP contribution >= 0.6 is 24.0 Å². The maximum absolute atomic E-state index is 14.0. The zero-order valence-electron chi connectivity index (χ0n) is 11.9. The average molecular weight is 321 g/mol. The van der Waals surface area contributed by atoms with E-state index in [0.717, 1.165) is 38.9 Å². The molecule has 1 aromatic carbocycles. The molecule has 2 rings (SSSR count). The van der Waals surface area contributed by atoms with E-state index < -0.39 is 0 Å². The summed E-state index contributed by atoms with van der Waals surface area (Å²) < 4.78 is 14.0. The number of hydrogen-bond donors (Lipinski definition) is 1. The fourth-order valence-electron chi connectivity index (χ4n) is 2.74. The van der Waals surface area contributed by atoms with Crippen molar-refractivity contribution in [1.82, 2.24) is 10.2 Å². The highest BCUT2D eigenvalue weighted by Gasteiger charge is 2.21. The van der Waals surface area contributed by atoms with Crippen LogP contribution in [0.15, 0.2) is 18.2 Å².